The van der Waals surface area contributed by atoms with Crippen LogP contribution in [0.15, 0.2) is 24.3 Å². The van der Waals surface area contributed by atoms with Crippen molar-refractivity contribution in [3.63, 3.8) is 0 Å². The van der Waals surface area contributed by atoms with E-state index >= 15 is 0 Å². The van der Waals surface area contributed by atoms with Gasteiger partial charge >= 0.3 is 6.03 Å². The van der Waals surface area contributed by atoms with Gasteiger partial charge in [-0.05, 0) is 30.5 Å². The highest BCUT2D eigenvalue weighted by Gasteiger charge is 2.20. The molecule has 4 heteroatoms. The van der Waals surface area contributed by atoms with E-state index in [1.807, 2.05) is 4.90 Å². The van der Waals surface area contributed by atoms with E-state index in [1.54, 1.807) is 0 Å². The van der Waals surface area contributed by atoms with Crippen molar-refractivity contribution in [2.45, 2.75) is 39.5 Å². The second-order valence-corrected chi connectivity index (χ2v) is 5.93. The Hall–Kier alpha value is -1.71. The van der Waals surface area contributed by atoms with Crippen LogP contribution in [0.2, 0.25) is 0 Å². The van der Waals surface area contributed by atoms with Crippen LogP contribution >= 0.6 is 0 Å². The normalized spacial score (nSPS) is 15.0. The van der Waals surface area contributed by atoms with Crippen molar-refractivity contribution in [1.29, 1.82) is 0 Å². The van der Waals surface area contributed by atoms with Gasteiger partial charge in [0.2, 0.25) is 0 Å². The average Bonchev–Trinajstić information content (AvgIpc) is 2.59. The van der Waals surface area contributed by atoms with E-state index in [1.165, 1.54) is 24.1 Å². The molecule has 2 rings (SSSR count). The third-order valence-corrected chi connectivity index (χ3v) is 4.33. The van der Waals surface area contributed by atoms with Gasteiger partial charge in [-0.25, -0.2) is 4.79 Å². The Labute approximate surface area is 134 Å². The lowest BCUT2D eigenvalue weighted by atomic mass is 10.1. The lowest BCUT2D eigenvalue weighted by molar-refractivity contribution is 0.194. The highest BCUT2D eigenvalue weighted by Crippen LogP contribution is 2.17. The second-order valence-electron chi connectivity index (χ2n) is 5.93. The van der Waals surface area contributed by atoms with Crippen LogP contribution in [0.4, 0.5) is 10.5 Å². The summed E-state index contributed by atoms with van der Waals surface area (Å²) >= 11 is 0. The first-order chi connectivity index (χ1) is 10.7. The largest absolute Gasteiger partial charge is 0.368 e. The van der Waals surface area contributed by atoms with Gasteiger partial charge in [-0.1, -0.05) is 38.8 Å². The molecule has 1 aromatic carbocycles. The van der Waals surface area contributed by atoms with E-state index in [-0.39, 0.29) is 6.03 Å². The fourth-order valence-electron chi connectivity index (χ4n) is 2.79. The van der Waals surface area contributed by atoms with Gasteiger partial charge in [-0.3, -0.25) is 0 Å². The highest BCUT2D eigenvalue weighted by molar-refractivity contribution is 5.74. The van der Waals surface area contributed by atoms with Crippen LogP contribution in [-0.2, 0) is 6.42 Å². The molecule has 122 valence electrons. The Kier molecular flexibility index (Phi) is 6.56. The molecule has 22 heavy (non-hydrogen) atoms. The monoisotopic (exact) mass is 303 g/mol. The number of nitrogens with zero attached hydrogens (tertiary/aromatic N) is 2. The number of urea groups is 1. The van der Waals surface area contributed by atoms with Crippen LogP contribution in [0.1, 0.15) is 38.7 Å². The lowest BCUT2D eigenvalue weighted by Crippen LogP contribution is -2.52. The molecular formula is C18H29N3O. The van der Waals surface area contributed by atoms with Crippen molar-refractivity contribution in [3.05, 3.63) is 29.8 Å². The lowest BCUT2D eigenvalue weighted by Gasteiger charge is -2.36. The minimum atomic E-state index is 0.0945. The van der Waals surface area contributed by atoms with Crippen molar-refractivity contribution in [3.8, 4) is 0 Å². The summed E-state index contributed by atoms with van der Waals surface area (Å²) in [6, 6.07) is 8.88. The summed E-state index contributed by atoms with van der Waals surface area (Å²) in [7, 11) is 0. The third-order valence-electron chi connectivity index (χ3n) is 4.33. The molecule has 0 radical (unpaired) electrons. The van der Waals surface area contributed by atoms with Crippen molar-refractivity contribution in [1.82, 2.24) is 10.2 Å². The maximum Gasteiger partial charge on any atom is 0.317 e. The molecule has 4 nitrogen and oxygen atoms in total. The maximum absolute atomic E-state index is 12.1. The summed E-state index contributed by atoms with van der Waals surface area (Å²) in [6.45, 7) is 8.57. The molecule has 2 amide bonds. The van der Waals surface area contributed by atoms with E-state index in [2.05, 4.69) is 48.3 Å². The molecule has 0 bridgehead atoms. The van der Waals surface area contributed by atoms with Gasteiger partial charge < -0.3 is 15.1 Å². The standard InChI is InChI=1S/C18H29N3O/c1-3-5-6-11-19-18(22)21-14-12-20(13-15-21)17-9-7-16(4-2)8-10-17/h7-10H,3-6,11-15H2,1-2H3,(H,19,22). The molecule has 1 saturated heterocycles. The average molecular weight is 303 g/mol. The first-order valence-electron chi connectivity index (χ1n) is 8.61. The second kappa shape index (κ2) is 8.66. The Bertz CT molecular complexity index is 450. The topological polar surface area (TPSA) is 35.6 Å². The molecule has 0 saturated carbocycles. The first kappa shape index (κ1) is 16.7. The molecule has 0 spiro atoms. The van der Waals surface area contributed by atoms with Gasteiger partial charge in [0.05, 0.1) is 0 Å². The number of rotatable bonds is 6. The van der Waals surface area contributed by atoms with Crippen LogP contribution in [0.25, 0.3) is 0 Å². The van der Waals surface area contributed by atoms with Crippen molar-refractivity contribution >= 4 is 11.7 Å². The SMILES string of the molecule is CCCCCNC(=O)N1CCN(c2ccc(CC)cc2)CC1. The highest BCUT2D eigenvalue weighted by atomic mass is 16.2. The summed E-state index contributed by atoms with van der Waals surface area (Å²) in [6.07, 6.45) is 4.52. The van der Waals surface area contributed by atoms with E-state index < -0.39 is 0 Å². The van der Waals surface area contributed by atoms with Crippen molar-refractivity contribution in [2.24, 2.45) is 0 Å². The fourth-order valence-corrected chi connectivity index (χ4v) is 2.79. The molecule has 0 atom stereocenters. The quantitative estimate of drug-likeness (QED) is 0.819. The molecule has 1 aliphatic heterocycles. The number of hydrogen-bond donors (Lipinski definition) is 1. The van der Waals surface area contributed by atoms with Crippen LogP contribution in [0.5, 0.6) is 0 Å². The summed E-state index contributed by atoms with van der Waals surface area (Å²) in [5.74, 6) is 0. The van der Waals surface area contributed by atoms with Crippen molar-refractivity contribution < 1.29 is 4.79 Å². The molecule has 1 aliphatic rings. The number of piperazine rings is 1. The number of benzene rings is 1. The molecule has 0 unspecified atom stereocenters. The van der Waals surface area contributed by atoms with E-state index in [0.717, 1.165) is 45.6 Å². The Morgan fingerprint density at radius 3 is 2.32 bits per heavy atom. The number of aryl methyl sites for hydroxylation is 1. The van der Waals surface area contributed by atoms with E-state index in [0.29, 0.717) is 0 Å². The predicted molar refractivity (Wildman–Crippen MR) is 92.5 cm³/mol. The molecule has 1 heterocycles. The van der Waals surface area contributed by atoms with Crippen LogP contribution in [0, 0.1) is 0 Å². The number of hydrogen-bond acceptors (Lipinski definition) is 2. The first-order valence-corrected chi connectivity index (χ1v) is 8.61. The molecule has 0 aliphatic carbocycles. The van der Waals surface area contributed by atoms with Crippen molar-refractivity contribution in [2.75, 3.05) is 37.6 Å². The Morgan fingerprint density at radius 1 is 1.05 bits per heavy atom. The molecule has 1 aromatic rings. The Balaban J connectivity index is 1.75. The van der Waals surface area contributed by atoms with Gasteiger partial charge in [0.1, 0.15) is 0 Å². The maximum atomic E-state index is 12.1. The van der Waals surface area contributed by atoms with Gasteiger partial charge in [-0.15, -0.1) is 0 Å². The minimum absolute atomic E-state index is 0.0945. The van der Waals surface area contributed by atoms with Gasteiger partial charge in [0.25, 0.3) is 0 Å². The van der Waals surface area contributed by atoms with E-state index in [9.17, 15) is 4.79 Å². The zero-order valence-electron chi connectivity index (χ0n) is 14.0. The summed E-state index contributed by atoms with van der Waals surface area (Å²) < 4.78 is 0. The predicted octanol–water partition coefficient (Wildman–Crippen LogP) is 3.27. The van der Waals surface area contributed by atoms with Crippen LogP contribution in [0.3, 0.4) is 0 Å². The zero-order chi connectivity index (χ0) is 15.8. The zero-order valence-corrected chi connectivity index (χ0v) is 14.0. The summed E-state index contributed by atoms with van der Waals surface area (Å²) in [5.41, 5.74) is 2.63. The number of carbonyl (C=O) groups excluding carboxylic acids is 1. The number of anilines is 1. The molecule has 1 fully saturated rings. The Morgan fingerprint density at radius 2 is 1.73 bits per heavy atom. The summed E-state index contributed by atoms with van der Waals surface area (Å²) in [5, 5.41) is 3.03. The smallest absolute Gasteiger partial charge is 0.317 e. The number of nitrogens with one attached hydrogen (secondary N) is 1. The third kappa shape index (κ3) is 4.65. The fraction of sp³-hybridized carbons (Fsp3) is 0.611. The minimum Gasteiger partial charge on any atom is -0.368 e. The van der Waals surface area contributed by atoms with E-state index in [4.69, 9.17) is 0 Å². The molecule has 1 N–H and O–H groups in total. The van der Waals surface area contributed by atoms with Crippen LogP contribution < -0.4 is 10.2 Å². The number of amides is 2. The number of carbonyl (C=O) groups is 1. The number of unbranched alkanes of at least 4 members (excludes halogenated alkanes) is 2. The van der Waals surface area contributed by atoms with Gasteiger partial charge in [0, 0.05) is 38.4 Å². The van der Waals surface area contributed by atoms with Gasteiger partial charge in [-0.2, -0.15) is 0 Å². The van der Waals surface area contributed by atoms with Gasteiger partial charge in [0.15, 0.2) is 0 Å². The molecule has 0 aromatic heterocycles. The summed E-state index contributed by atoms with van der Waals surface area (Å²) in [4.78, 5) is 16.4. The molecular weight excluding hydrogens is 274 g/mol. The van der Waals surface area contributed by atoms with Crippen LogP contribution in [-0.4, -0.2) is 43.7 Å².